The topological polar surface area (TPSA) is 64.3 Å². The molecule has 0 radical (unpaired) electrons. The van der Waals surface area contributed by atoms with Crippen molar-refractivity contribution in [3.63, 3.8) is 0 Å². The van der Waals surface area contributed by atoms with Crippen LogP contribution in [0.3, 0.4) is 0 Å². The number of fused-ring (bicyclic) bond motifs is 1. The van der Waals surface area contributed by atoms with Crippen LogP contribution in [0.1, 0.15) is 11.1 Å². The van der Waals surface area contributed by atoms with Gasteiger partial charge in [-0.3, -0.25) is 4.79 Å². The van der Waals surface area contributed by atoms with Crippen molar-refractivity contribution in [3.8, 4) is 11.5 Å². The van der Waals surface area contributed by atoms with Crippen molar-refractivity contribution in [2.45, 2.75) is 13.3 Å². The summed E-state index contributed by atoms with van der Waals surface area (Å²) in [6.45, 7) is 1.96. The Labute approximate surface area is 125 Å². The molecule has 20 heavy (non-hydrogen) atoms. The summed E-state index contributed by atoms with van der Waals surface area (Å²) < 4.78 is 6.86. The van der Waals surface area contributed by atoms with Crippen molar-refractivity contribution in [3.05, 3.63) is 45.9 Å². The number of rotatable bonds is 2. The Morgan fingerprint density at radius 2 is 2.05 bits per heavy atom. The van der Waals surface area contributed by atoms with Gasteiger partial charge < -0.3 is 15.8 Å². The average molecular weight is 333 g/mol. The van der Waals surface area contributed by atoms with Crippen LogP contribution in [0, 0.1) is 6.92 Å². The van der Waals surface area contributed by atoms with Crippen LogP contribution in [-0.2, 0) is 11.2 Å². The lowest BCUT2D eigenvalue weighted by Crippen LogP contribution is -2.03. The standard InChI is InChI=1S/C15H13BrN2O2/c1-8-4-10(16)2-3-13(8)20-14-7-12-9(5-11(14)17)6-15(19)18-12/h2-5,7H,6,17H2,1H3,(H,18,19). The van der Waals surface area contributed by atoms with Gasteiger partial charge in [0.15, 0.2) is 5.75 Å². The van der Waals surface area contributed by atoms with Gasteiger partial charge in [0.25, 0.3) is 0 Å². The molecular formula is C15H13BrN2O2. The van der Waals surface area contributed by atoms with E-state index in [1.54, 1.807) is 12.1 Å². The molecule has 0 unspecified atom stereocenters. The molecular weight excluding hydrogens is 320 g/mol. The Morgan fingerprint density at radius 3 is 2.80 bits per heavy atom. The zero-order chi connectivity index (χ0) is 14.3. The van der Waals surface area contributed by atoms with Crippen LogP contribution in [-0.4, -0.2) is 5.91 Å². The van der Waals surface area contributed by atoms with Crippen LogP contribution in [0.25, 0.3) is 0 Å². The minimum Gasteiger partial charge on any atom is -0.455 e. The number of aryl methyl sites for hydroxylation is 1. The molecule has 1 heterocycles. The number of benzene rings is 2. The van der Waals surface area contributed by atoms with Crippen LogP contribution < -0.4 is 15.8 Å². The number of halogens is 1. The fourth-order valence-corrected chi connectivity index (χ4v) is 2.68. The van der Waals surface area contributed by atoms with Gasteiger partial charge in [0.1, 0.15) is 5.75 Å². The normalized spacial score (nSPS) is 13.0. The van der Waals surface area contributed by atoms with Crippen molar-refractivity contribution < 1.29 is 9.53 Å². The van der Waals surface area contributed by atoms with Crippen molar-refractivity contribution in [2.75, 3.05) is 11.1 Å². The van der Waals surface area contributed by atoms with E-state index < -0.39 is 0 Å². The summed E-state index contributed by atoms with van der Waals surface area (Å²) in [6, 6.07) is 9.33. The van der Waals surface area contributed by atoms with Crippen molar-refractivity contribution in [2.24, 2.45) is 0 Å². The van der Waals surface area contributed by atoms with E-state index in [1.807, 2.05) is 25.1 Å². The van der Waals surface area contributed by atoms with Gasteiger partial charge in [0.2, 0.25) is 5.91 Å². The van der Waals surface area contributed by atoms with E-state index >= 15 is 0 Å². The van der Waals surface area contributed by atoms with Crippen molar-refractivity contribution >= 4 is 33.2 Å². The van der Waals surface area contributed by atoms with Gasteiger partial charge in [-0.2, -0.15) is 0 Å². The SMILES string of the molecule is Cc1cc(Br)ccc1Oc1cc2c(cc1N)CC(=O)N2. The van der Waals surface area contributed by atoms with E-state index in [-0.39, 0.29) is 5.91 Å². The zero-order valence-corrected chi connectivity index (χ0v) is 12.5. The molecule has 0 bridgehead atoms. The molecule has 0 saturated heterocycles. The molecule has 1 amide bonds. The van der Waals surface area contributed by atoms with Gasteiger partial charge in [-0.25, -0.2) is 0 Å². The van der Waals surface area contributed by atoms with E-state index in [4.69, 9.17) is 10.5 Å². The largest absolute Gasteiger partial charge is 0.455 e. The number of carbonyl (C=O) groups excluding carboxylic acids is 1. The molecule has 0 atom stereocenters. The lowest BCUT2D eigenvalue weighted by atomic mass is 10.1. The lowest BCUT2D eigenvalue weighted by Gasteiger charge is -2.12. The average Bonchev–Trinajstić information content (AvgIpc) is 2.72. The van der Waals surface area contributed by atoms with Crippen LogP contribution >= 0.6 is 15.9 Å². The fraction of sp³-hybridized carbons (Fsp3) is 0.133. The molecule has 4 nitrogen and oxygen atoms in total. The number of nitrogens with one attached hydrogen (secondary N) is 1. The summed E-state index contributed by atoms with van der Waals surface area (Å²) in [5.41, 5.74) is 9.21. The maximum absolute atomic E-state index is 11.4. The van der Waals surface area contributed by atoms with Gasteiger partial charge >= 0.3 is 0 Å². The number of nitrogen functional groups attached to an aromatic ring is 1. The molecule has 2 aromatic carbocycles. The monoisotopic (exact) mass is 332 g/mol. The van der Waals surface area contributed by atoms with Crippen LogP contribution in [0.15, 0.2) is 34.8 Å². The Bertz CT molecular complexity index is 713. The maximum Gasteiger partial charge on any atom is 0.228 e. The van der Waals surface area contributed by atoms with E-state index in [1.165, 1.54) is 0 Å². The van der Waals surface area contributed by atoms with Crippen LogP contribution in [0.2, 0.25) is 0 Å². The number of carbonyl (C=O) groups is 1. The van der Waals surface area contributed by atoms with E-state index in [0.29, 0.717) is 17.9 Å². The van der Waals surface area contributed by atoms with Gasteiger partial charge in [0, 0.05) is 16.2 Å². The second-order valence-corrected chi connectivity index (χ2v) is 5.70. The van der Waals surface area contributed by atoms with Gasteiger partial charge in [-0.15, -0.1) is 0 Å². The first-order valence-corrected chi connectivity index (χ1v) is 6.98. The van der Waals surface area contributed by atoms with Crippen LogP contribution in [0.4, 0.5) is 11.4 Å². The molecule has 102 valence electrons. The number of amides is 1. The number of hydrogen-bond acceptors (Lipinski definition) is 3. The Kier molecular flexibility index (Phi) is 3.14. The first-order chi connectivity index (χ1) is 9.52. The molecule has 3 rings (SSSR count). The summed E-state index contributed by atoms with van der Waals surface area (Å²) >= 11 is 3.42. The number of ether oxygens (including phenoxy) is 1. The third-order valence-electron chi connectivity index (χ3n) is 3.22. The quantitative estimate of drug-likeness (QED) is 0.825. The van der Waals surface area contributed by atoms with Gasteiger partial charge in [0.05, 0.1) is 12.1 Å². The summed E-state index contributed by atoms with van der Waals surface area (Å²) in [6.07, 6.45) is 0.372. The second-order valence-electron chi connectivity index (χ2n) is 4.78. The highest BCUT2D eigenvalue weighted by atomic mass is 79.9. The van der Waals surface area contributed by atoms with Gasteiger partial charge in [-0.05, 0) is 42.3 Å². The number of anilines is 2. The molecule has 0 saturated carbocycles. The first kappa shape index (κ1) is 13.0. The molecule has 5 heteroatoms. The Hall–Kier alpha value is -2.01. The zero-order valence-electron chi connectivity index (χ0n) is 10.9. The van der Waals surface area contributed by atoms with Crippen molar-refractivity contribution in [1.29, 1.82) is 0 Å². The first-order valence-electron chi connectivity index (χ1n) is 6.19. The fourth-order valence-electron chi connectivity index (χ4n) is 2.21. The highest BCUT2D eigenvalue weighted by molar-refractivity contribution is 9.10. The maximum atomic E-state index is 11.4. The van der Waals surface area contributed by atoms with Gasteiger partial charge in [-0.1, -0.05) is 15.9 Å². The molecule has 0 aliphatic carbocycles. The minimum absolute atomic E-state index is 0.0172. The second kappa shape index (κ2) is 4.83. The molecule has 0 spiro atoms. The smallest absolute Gasteiger partial charge is 0.228 e. The van der Waals surface area contributed by atoms with Crippen molar-refractivity contribution in [1.82, 2.24) is 0 Å². The molecule has 0 aromatic heterocycles. The summed E-state index contributed by atoms with van der Waals surface area (Å²) in [7, 11) is 0. The summed E-state index contributed by atoms with van der Waals surface area (Å²) in [5, 5.41) is 2.79. The Morgan fingerprint density at radius 1 is 1.25 bits per heavy atom. The third kappa shape index (κ3) is 2.36. The number of nitrogens with two attached hydrogens (primary N) is 1. The molecule has 1 aliphatic heterocycles. The van der Waals surface area contributed by atoms with Crippen LogP contribution in [0.5, 0.6) is 11.5 Å². The Balaban J connectivity index is 1.95. The van der Waals surface area contributed by atoms with E-state index in [0.717, 1.165) is 27.0 Å². The predicted octanol–water partition coefficient (Wildman–Crippen LogP) is 3.63. The highest BCUT2D eigenvalue weighted by Crippen LogP contribution is 2.36. The molecule has 1 aliphatic rings. The number of hydrogen-bond donors (Lipinski definition) is 2. The molecule has 2 aromatic rings. The lowest BCUT2D eigenvalue weighted by molar-refractivity contribution is -0.115. The minimum atomic E-state index is -0.0172. The third-order valence-corrected chi connectivity index (χ3v) is 3.71. The summed E-state index contributed by atoms with van der Waals surface area (Å²) in [5.74, 6) is 1.27. The predicted molar refractivity (Wildman–Crippen MR) is 82.1 cm³/mol. The highest BCUT2D eigenvalue weighted by Gasteiger charge is 2.20. The molecule has 3 N–H and O–H groups in total. The van der Waals surface area contributed by atoms with E-state index in [9.17, 15) is 4.79 Å². The van der Waals surface area contributed by atoms with E-state index in [2.05, 4.69) is 21.2 Å². The summed E-state index contributed by atoms with van der Waals surface area (Å²) in [4.78, 5) is 11.4. The molecule has 0 fully saturated rings.